The molecular formula is C13H25N3O2. The molecule has 0 aromatic rings. The molecule has 1 heterocycles. The molecule has 0 aromatic heterocycles. The summed E-state index contributed by atoms with van der Waals surface area (Å²) in [5, 5.41) is 8.80. The Bertz CT molecular complexity index is 294. The number of hydrogen-bond donors (Lipinski definition) is 3. The second kappa shape index (κ2) is 7.36. The first-order chi connectivity index (χ1) is 8.54. The lowest BCUT2D eigenvalue weighted by Gasteiger charge is -2.29. The molecule has 5 nitrogen and oxygen atoms in total. The number of hydrogen-bond acceptors (Lipinski definition) is 3. The molecule has 1 rings (SSSR count). The average Bonchev–Trinajstić information content (AvgIpc) is 2.32. The van der Waals surface area contributed by atoms with Crippen LogP contribution in [0.3, 0.4) is 0 Å². The van der Waals surface area contributed by atoms with E-state index in [9.17, 15) is 9.59 Å². The Morgan fingerprint density at radius 2 is 2.17 bits per heavy atom. The van der Waals surface area contributed by atoms with E-state index in [0.29, 0.717) is 18.9 Å². The number of nitrogens with one attached hydrogen (secondary N) is 3. The van der Waals surface area contributed by atoms with E-state index in [4.69, 9.17) is 0 Å². The Labute approximate surface area is 109 Å². The Balaban J connectivity index is 2.34. The molecule has 5 heteroatoms. The lowest BCUT2D eigenvalue weighted by Crippen LogP contribution is -2.48. The van der Waals surface area contributed by atoms with E-state index in [2.05, 4.69) is 22.9 Å². The summed E-state index contributed by atoms with van der Waals surface area (Å²) in [5.41, 5.74) is 0. The first-order valence-corrected chi connectivity index (χ1v) is 6.85. The zero-order valence-electron chi connectivity index (χ0n) is 11.6. The van der Waals surface area contributed by atoms with Crippen LogP contribution in [0.25, 0.3) is 0 Å². The van der Waals surface area contributed by atoms with Gasteiger partial charge in [-0.2, -0.15) is 0 Å². The van der Waals surface area contributed by atoms with Gasteiger partial charge in [-0.15, -0.1) is 0 Å². The van der Waals surface area contributed by atoms with Crippen molar-refractivity contribution in [2.24, 2.45) is 5.92 Å². The number of carbonyl (C=O) groups is 2. The minimum Gasteiger partial charge on any atom is -0.355 e. The summed E-state index contributed by atoms with van der Waals surface area (Å²) in [6.45, 7) is 7.30. The molecule has 1 fully saturated rings. The number of rotatable bonds is 5. The molecule has 0 spiro atoms. The normalized spacial score (nSPS) is 25.3. The van der Waals surface area contributed by atoms with E-state index < -0.39 is 6.04 Å². The molecule has 3 N–H and O–H groups in total. The quantitative estimate of drug-likeness (QED) is 0.666. The zero-order valence-corrected chi connectivity index (χ0v) is 11.6. The van der Waals surface area contributed by atoms with Gasteiger partial charge in [0, 0.05) is 19.0 Å². The van der Waals surface area contributed by atoms with Crippen molar-refractivity contribution < 1.29 is 9.59 Å². The standard InChI is InChI=1S/C13H25N3O2/c1-4-14-13(18)10(3)16-12(17)8-11-9(2)6-5-7-15-11/h9-11,15H,4-8H2,1-3H3,(H,14,18)(H,16,17). The summed E-state index contributed by atoms with van der Waals surface area (Å²) in [7, 11) is 0. The lowest BCUT2D eigenvalue weighted by atomic mass is 9.90. The van der Waals surface area contributed by atoms with Gasteiger partial charge in [0.25, 0.3) is 0 Å². The Morgan fingerprint density at radius 3 is 2.78 bits per heavy atom. The molecule has 0 aliphatic carbocycles. The maximum Gasteiger partial charge on any atom is 0.242 e. The van der Waals surface area contributed by atoms with Crippen LogP contribution in [0, 0.1) is 5.92 Å². The van der Waals surface area contributed by atoms with Gasteiger partial charge in [0.05, 0.1) is 0 Å². The molecule has 18 heavy (non-hydrogen) atoms. The summed E-state index contributed by atoms with van der Waals surface area (Å²) >= 11 is 0. The first kappa shape index (κ1) is 15.0. The third-order valence-electron chi connectivity index (χ3n) is 3.46. The summed E-state index contributed by atoms with van der Waals surface area (Å²) in [6, 6.07) is -0.225. The summed E-state index contributed by atoms with van der Waals surface area (Å²) in [4.78, 5) is 23.3. The summed E-state index contributed by atoms with van der Waals surface area (Å²) in [6.07, 6.45) is 2.79. The van der Waals surface area contributed by atoms with Crippen molar-refractivity contribution in [1.29, 1.82) is 0 Å². The minimum atomic E-state index is -0.462. The summed E-state index contributed by atoms with van der Waals surface area (Å²) in [5.74, 6) is 0.333. The predicted molar refractivity (Wildman–Crippen MR) is 71.1 cm³/mol. The van der Waals surface area contributed by atoms with Crippen LogP contribution in [0.1, 0.15) is 40.0 Å². The van der Waals surface area contributed by atoms with Crippen molar-refractivity contribution in [1.82, 2.24) is 16.0 Å². The number of carbonyl (C=O) groups excluding carboxylic acids is 2. The minimum absolute atomic E-state index is 0.0556. The highest BCUT2D eigenvalue weighted by atomic mass is 16.2. The second-order valence-corrected chi connectivity index (χ2v) is 5.07. The fourth-order valence-electron chi connectivity index (χ4n) is 2.28. The van der Waals surface area contributed by atoms with Crippen molar-refractivity contribution in [2.45, 2.75) is 52.1 Å². The van der Waals surface area contributed by atoms with Crippen LogP contribution in [0.15, 0.2) is 0 Å². The maximum atomic E-state index is 11.8. The molecule has 2 amide bonds. The van der Waals surface area contributed by atoms with Crippen molar-refractivity contribution in [2.75, 3.05) is 13.1 Å². The van der Waals surface area contributed by atoms with Gasteiger partial charge in [-0.1, -0.05) is 6.92 Å². The van der Waals surface area contributed by atoms with Crippen LogP contribution in [0.2, 0.25) is 0 Å². The second-order valence-electron chi connectivity index (χ2n) is 5.07. The fourth-order valence-corrected chi connectivity index (χ4v) is 2.28. The van der Waals surface area contributed by atoms with Crippen molar-refractivity contribution in [3.05, 3.63) is 0 Å². The van der Waals surface area contributed by atoms with Gasteiger partial charge in [0.1, 0.15) is 6.04 Å². The van der Waals surface area contributed by atoms with Gasteiger partial charge in [0.15, 0.2) is 0 Å². The number of piperidine rings is 1. The number of likely N-dealkylation sites (N-methyl/N-ethyl adjacent to an activating group) is 1. The monoisotopic (exact) mass is 255 g/mol. The van der Waals surface area contributed by atoms with Crippen LogP contribution >= 0.6 is 0 Å². The van der Waals surface area contributed by atoms with Gasteiger partial charge in [0.2, 0.25) is 11.8 Å². The third-order valence-corrected chi connectivity index (χ3v) is 3.46. The molecule has 1 saturated heterocycles. The highest BCUT2D eigenvalue weighted by molar-refractivity contribution is 5.87. The third kappa shape index (κ3) is 4.64. The topological polar surface area (TPSA) is 70.2 Å². The Hall–Kier alpha value is -1.10. The van der Waals surface area contributed by atoms with Gasteiger partial charge < -0.3 is 16.0 Å². The van der Waals surface area contributed by atoms with Gasteiger partial charge >= 0.3 is 0 Å². The van der Waals surface area contributed by atoms with E-state index >= 15 is 0 Å². The molecule has 0 aromatic carbocycles. The van der Waals surface area contributed by atoms with Crippen LogP contribution in [0.4, 0.5) is 0 Å². The van der Waals surface area contributed by atoms with Crippen LogP contribution in [-0.4, -0.2) is 37.0 Å². The predicted octanol–water partition coefficient (Wildman–Crippen LogP) is 0.405. The van der Waals surface area contributed by atoms with Crippen LogP contribution in [0.5, 0.6) is 0 Å². The van der Waals surface area contributed by atoms with Crippen LogP contribution < -0.4 is 16.0 Å². The molecule has 0 bridgehead atoms. The molecule has 0 saturated carbocycles. The summed E-state index contributed by atoms with van der Waals surface area (Å²) < 4.78 is 0. The van der Waals surface area contributed by atoms with E-state index in [1.807, 2.05) is 6.92 Å². The Kier molecular flexibility index (Phi) is 6.12. The van der Waals surface area contributed by atoms with E-state index in [1.165, 1.54) is 6.42 Å². The molecule has 104 valence electrons. The molecular weight excluding hydrogens is 230 g/mol. The van der Waals surface area contributed by atoms with Crippen molar-refractivity contribution in [3.8, 4) is 0 Å². The van der Waals surface area contributed by atoms with Gasteiger partial charge in [-0.25, -0.2) is 0 Å². The van der Waals surface area contributed by atoms with Crippen LogP contribution in [-0.2, 0) is 9.59 Å². The highest BCUT2D eigenvalue weighted by Gasteiger charge is 2.24. The molecule has 3 unspecified atom stereocenters. The number of amides is 2. The lowest BCUT2D eigenvalue weighted by molar-refractivity contribution is -0.129. The smallest absolute Gasteiger partial charge is 0.242 e. The average molecular weight is 255 g/mol. The highest BCUT2D eigenvalue weighted by Crippen LogP contribution is 2.17. The molecule has 0 radical (unpaired) electrons. The SMILES string of the molecule is CCNC(=O)C(C)NC(=O)CC1NCCCC1C. The van der Waals surface area contributed by atoms with E-state index in [0.717, 1.165) is 13.0 Å². The van der Waals surface area contributed by atoms with Crippen molar-refractivity contribution >= 4 is 11.8 Å². The van der Waals surface area contributed by atoms with E-state index in [-0.39, 0.29) is 17.9 Å². The largest absolute Gasteiger partial charge is 0.355 e. The first-order valence-electron chi connectivity index (χ1n) is 6.85. The van der Waals surface area contributed by atoms with Gasteiger partial charge in [-0.05, 0) is 39.2 Å². The molecule has 3 atom stereocenters. The maximum absolute atomic E-state index is 11.8. The Morgan fingerprint density at radius 1 is 1.44 bits per heavy atom. The fraction of sp³-hybridized carbons (Fsp3) is 0.846. The molecule has 1 aliphatic rings. The van der Waals surface area contributed by atoms with E-state index in [1.54, 1.807) is 6.92 Å². The van der Waals surface area contributed by atoms with Crippen molar-refractivity contribution in [3.63, 3.8) is 0 Å². The molecule has 1 aliphatic heterocycles. The van der Waals surface area contributed by atoms with Gasteiger partial charge in [-0.3, -0.25) is 9.59 Å². The zero-order chi connectivity index (χ0) is 13.5.